The molecule has 0 aromatic heterocycles. The van der Waals surface area contributed by atoms with Crippen molar-refractivity contribution in [1.82, 2.24) is 0 Å². The van der Waals surface area contributed by atoms with Crippen LogP contribution in [0.3, 0.4) is 0 Å². The maximum Gasteiger partial charge on any atom is 0.0900 e. The molecule has 2 aliphatic heterocycles. The van der Waals surface area contributed by atoms with Crippen LogP contribution >= 0.6 is 35.3 Å². The van der Waals surface area contributed by atoms with E-state index in [4.69, 9.17) is 4.74 Å². The molecule has 2 fully saturated rings. The van der Waals surface area contributed by atoms with E-state index in [2.05, 4.69) is 47.8 Å². The molecule has 0 amide bonds. The summed E-state index contributed by atoms with van der Waals surface area (Å²) in [6.07, 6.45) is 0.545. The van der Waals surface area contributed by atoms with Crippen LogP contribution in [0, 0.1) is 0 Å². The third kappa shape index (κ3) is 3.86. The van der Waals surface area contributed by atoms with Gasteiger partial charge in [0, 0.05) is 34.0 Å². The molecule has 0 N–H and O–H groups in total. The van der Waals surface area contributed by atoms with Gasteiger partial charge in [0.2, 0.25) is 0 Å². The average Bonchev–Trinajstić information content (AvgIpc) is 3.13. The van der Waals surface area contributed by atoms with Gasteiger partial charge in [-0.25, -0.2) is 0 Å². The molecular formula is C14H18OS3. The zero-order valence-electron chi connectivity index (χ0n) is 10.3. The van der Waals surface area contributed by atoms with Crippen molar-refractivity contribution in [2.75, 3.05) is 23.9 Å². The molecule has 1 atom stereocenters. The summed E-state index contributed by atoms with van der Waals surface area (Å²) in [5.74, 6) is 6.17. The molecule has 0 bridgehead atoms. The third-order valence-corrected chi connectivity index (χ3v) is 7.27. The Morgan fingerprint density at radius 3 is 2.50 bits per heavy atom. The Balaban J connectivity index is 1.50. The maximum absolute atomic E-state index is 5.25. The molecule has 2 aliphatic rings. The second-order valence-electron chi connectivity index (χ2n) is 4.71. The van der Waals surface area contributed by atoms with Gasteiger partial charge in [0.25, 0.3) is 0 Å². The van der Waals surface area contributed by atoms with Crippen molar-refractivity contribution in [3.8, 4) is 0 Å². The van der Waals surface area contributed by atoms with E-state index in [1.54, 1.807) is 0 Å². The number of hydrogen-bond acceptors (Lipinski definition) is 4. The predicted octanol–water partition coefficient (Wildman–Crippen LogP) is 3.67. The fraction of sp³-hybridized carbons (Fsp3) is 0.571. The van der Waals surface area contributed by atoms with Crippen molar-refractivity contribution in [3.05, 3.63) is 35.4 Å². The molecule has 3 rings (SSSR count). The monoisotopic (exact) mass is 298 g/mol. The van der Waals surface area contributed by atoms with E-state index in [-0.39, 0.29) is 0 Å². The Kier molecular flexibility index (Phi) is 4.85. The quantitative estimate of drug-likeness (QED) is 0.712. The van der Waals surface area contributed by atoms with Gasteiger partial charge in [0.15, 0.2) is 0 Å². The van der Waals surface area contributed by atoms with Crippen LogP contribution in [0.4, 0.5) is 0 Å². The molecule has 1 aromatic carbocycles. The van der Waals surface area contributed by atoms with Crippen LogP contribution in [-0.2, 0) is 16.2 Å². The van der Waals surface area contributed by atoms with Crippen molar-refractivity contribution in [2.45, 2.75) is 22.9 Å². The zero-order chi connectivity index (χ0) is 12.2. The minimum absolute atomic E-state index is 0.545. The highest BCUT2D eigenvalue weighted by Crippen LogP contribution is 2.32. The molecule has 2 heterocycles. The summed E-state index contributed by atoms with van der Waals surface area (Å²) in [5, 5.41) is 0.899. The third-order valence-electron chi connectivity index (χ3n) is 3.16. The summed E-state index contributed by atoms with van der Waals surface area (Å²) < 4.78 is 5.25. The van der Waals surface area contributed by atoms with Gasteiger partial charge in [-0.15, -0.1) is 0 Å². The number of rotatable bonds is 7. The molecule has 1 aromatic rings. The minimum atomic E-state index is 0.545. The normalized spacial score (nSPS) is 22.8. The van der Waals surface area contributed by atoms with E-state index in [0.717, 1.165) is 23.4 Å². The summed E-state index contributed by atoms with van der Waals surface area (Å²) >= 11 is 6.20. The first-order chi connectivity index (χ1) is 8.92. The van der Waals surface area contributed by atoms with E-state index in [1.807, 2.05) is 11.8 Å². The highest BCUT2D eigenvalue weighted by molar-refractivity contribution is 8.07. The van der Waals surface area contributed by atoms with Gasteiger partial charge in [-0.1, -0.05) is 24.3 Å². The average molecular weight is 298 g/mol. The summed E-state index contributed by atoms with van der Waals surface area (Å²) in [7, 11) is 0. The Morgan fingerprint density at radius 1 is 1.17 bits per heavy atom. The first-order valence-corrected chi connectivity index (χ1v) is 9.73. The molecule has 18 heavy (non-hydrogen) atoms. The number of epoxide rings is 1. The van der Waals surface area contributed by atoms with Crippen LogP contribution in [-0.4, -0.2) is 35.2 Å². The second-order valence-corrected chi connectivity index (χ2v) is 8.10. The van der Waals surface area contributed by atoms with Crippen molar-refractivity contribution in [3.63, 3.8) is 0 Å². The van der Waals surface area contributed by atoms with Crippen molar-refractivity contribution >= 4 is 35.3 Å². The highest BCUT2D eigenvalue weighted by Gasteiger charge is 2.22. The molecule has 98 valence electrons. The minimum Gasteiger partial charge on any atom is -0.372 e. The van der Waals surface area contributed by atoms with Crippen LogP contribution in [0.2, 0.25) is 0 Å². The first kappa shape index (κ1) is 13.2. The van der Waals surface area contributed by atoms with E-state index >= 15 is 0 Å². The lowest BCUT2D eigenvalue weighted by Gasteiger charge is -2.24. The molecule has 1 nitrogen and oxygen atoms in total. The SMILES string of the molecule is c1ccc(CSC2CSC2)c(CSCC2CO2)c1. The van der Waals surface area contributed by atoms with Crippen LogP contribution < -0.4 is 0 Å². The van der Waals surface area contributed by atoms with Crippen molar-refractivity contribution in [1.29, 1.82) is 0 Å². The smallest absolute Gasteiger partial charge is 0.0900 e. The fourth-order valence-electron chi connectivity index (χ4n) is 1.82. The number of ether oxygens (including phenoxy) is 1. The fourth-order valence-corrected chi connectivity index (χ4v) is 5.37. The van der Waals surface area contributed by atoms with Crippen LogP contribution in [0.5, 0.6) is 0 Å². The molecule has 4 heteroatoms. The first-order valence-electron chi connectivity index (χ1n) is 6.37. The van der Waals surface area contributed by atoms with Crippen LogP contribution in [0.25, 0.3) is 0 Å². The van der Waals surface area contributed by atoms with Gasteiger partial charge in [0.05, 0.1) is 12.7 Å². The van der Waals surface area contributed by atoms with Gasteiger partial charge in [-0.05, 0) is 11.1 Å². The van der Waals surface area contributed by atoms with E-state index < -0.39 is 0 Å². The number of hydrogen-bond donors (Lipinski definition) is 0. The Bertz CT molecular complexity index is 388. The Morgan fingerprint density at radius 2 is 1.89 bits per heavy atom. The topological polar surface area (TPSA) is 12.5 Å². The summed E-state index contributed by atoms with van der Waals surface area (Å²) in [6, 6.07) is 8.91. The Hall–Kier alpha value is 0.230. The van der Waals surface area contributed by atoms with Crippen molar-refractivity contribution < 1.29 is 4.74 Å². The maximum atomic E-state index is 5.25. The van der Waals surface area contributed by atoms with E-state index in [0.29, 0.717) is 6.10 Å². The molecule has 1 unspecified atom stereocenters. The molecule has 0 aliphatic carbocycles. The van der Waals surface area contributed by atoms with Crippen molar-refractivity contribution in [2.24, 2.45) is 0 Å². The summed E-state index contributed by atoms with van der Waals surface area (Å²) in [6.45, 7) is 0.976. The van der Waals surface area contributed by atoms with E-state index in [1.165, 1.54) is 28.4 Å². The molecule has 0 spiro atoms. The van der Waals surface area contributed by atoms with Crippen LogP contribution in [0.1, 0.15) is 11.1 Å². The lowest BCUT2D eigenvalue weighted by Crippen LogP contribution is -2.20. The van der Waals surface area contributed by atoms with E-state index in [9.17, 15) is 0 Å². The molecule has 0 radical (unpaired) electrons. The standard InChI is InChI=1S/C14H18OS3/c1-2-4-12(7-18-14-9-17-10-14)11(3-1)6-16-8-13-5-15-13/h1-4,13-14H,5-10H2. The number of thioether (sulfide) groups is 3. The summed E-state index contributed by atoms with van der Waals surface area (Å²) in [4.78, 5) is 0. The zero-order valence-corrected chi connectivity index (χ0v) is 12.8. The molecule has 0 saturated carbocycles. The molecule has 2 saturated heterocycles. The lowest BCUT2D eigenvalue weighted by molar-refractivity contribution is 0.426. The summed E-state index contributed by atoms with van der Waals surface area (Å²) in [5.41, 5.74) is 3.05. The predicted molar refractivity (Wildman–Crippen MR) is 84.8 cm³/mol. The van der Waals surface area contributed by atoms with Gasteiger partial charge in [-0.3, -0.25) is 0 Å². The van der Waals surface area contributed by atoms with Gasteiger partial charge >= 0.3 is 0 Å². The highest BCUT2D eigenvalue weighted by atomic mass is 32.2. The van der Waals surface area contributed by atoms with Gasteiger partial charge in [-0.2, -0.15) is 35.3 Å². The lowest BCUT2D eigenvalue weighted by atomic mass is 10.1. The second kappa shape index (κ2) is 6.60. The van der Waals surface area contributed by atoms with Gasteiger partial charge in [0.1, 0.15) is 0 Å². The number of benzene rings is 1. The Labute approximate surface area is 122 Å². The van der Waals surface area contributed by atoms with Crippen LogP contribution in [0.15, 0.2) is 24.3 Å². The largest absolute Gasteiger partial charge is 0.372 e. The van der Waals surface area contributed by atoms with Gasteiger partial charge < -0.3 is 4.74 Å². The molecular weight excluding hydrogens is 280 g/mol.